The fraction of sp³-hybridized carbons (Fsp3) is 0.133. The van der Waals surface area contributed by atoms with Crippen LogP contribution >= 0.6 is 0 Å². The van der Waals surface area contributed by atoms with Crippen molar-refractivity contribution in [3.63, 3.8) is 0 Å². The smallest absolute Gasteiger partial charge is 0.207 e. The molecule has 39 heavy (non-hydrogen) atoms. The average Bonchev–Trinajstić information content (AvgIpc) is 3.72. The van der Waals surface area contributed by atoms with Crippen LogP contribution < -0.4 is 18.9 Å². The van der Waals surface area contributed by atoms with E-state index in [0.717, 1.165) is 56.0 Å². The third-order valence-corrected chi connectivity index (χ3v) is 6.45. The summed E-state index contributed by atoms with van der Waals surface area (Å²) in [6.45, 7) is 0. The van der Waals surface area contributed by atoms with Gasteiger partial charge in [0.25, 0.3) is 0 Å². The minimum Gasteiger partial charge on any atom is -0.493 e. The van der Waals surface area contributed by atoms with Crippen molar-refractivity contribution in [2.75, 3.05) is 28.4 Å². The maximum absolute atomic E-state index is 5.83. The number of fused-ring (bicyclic) bond motifs is 8. The molecule has 8 nitrogen and oxygen atoms in total. The zero-order chi connectivity index (χ0) is 26.2. The average molecular weight is 565 g/mol. The number of hydrogen-bond acceptors (Lipinski definition) is 6. The molecule has 1 aromatic carbocycles. The van der Waals surface area contributed by atoms with Crippen LogP contribution in [0.5, 0.6) is 23.0 Å². The Morgan fingerprint density at radius 1 is 0.513 bits per heavy atom. The summed E-state index contributed by atoms with van der Waals surface area (Å²) in [5.41, 5.74) is 8.72. The molecule has 0 saturated heterocycles. The molecule has 0 saturated carbocycles. The molecule has 0 unspecified atom stereocenters. The molecule has 0 atom stereocenters. The Bertz CT molecular complexity index is 1790. The number of rotatable bonds is 5. The second kappa shape index (κ2) is 10.7. The molecule has 199 valence electrons. The van der Waals surface area contributed by atoms with Gasteiger partial charge in [-0.05, 0) is 72.8 Å². The first-order valence-electron chi connectivity index (χ1n) is 12.0. The van der Waals surface area contributed by atoms with E-state index in [1.165, 1.54) is 0 Å². The normalized spacial score (nSPS) is 11.7. The van der Waals surface area contributed by atoms with E-state index in [1.807, 2.05) is 66.8 Å². The van der Waals surface area contributed by atoms with E-state index in [0.29, 0.717) is 23.0 Å². The second-order valence-corrected chi connectivity index (χ2v) is 8.81. The standard InChI is InChI=1S/C30H26N4O4.Co/c1-35-27-16-25(28(36-2)30(38-4)29(27)37-3)24-14-23-13-21-8-7-19(32-21)11-17-5-6-18(31-17)12-20-9-10-22(33-20)15-26(24)34-23;/h5-16,31,34H,1-4H3;. The number of aromatic amines is 2. The third kappa shape index (κ3) is 4.89. The van der Waals surface area contributed by atoms with Crippen LogP contribution in [0.2, 0.25) is 0 Å². The predicted octanol–water partition coefficient (Wildman–Crippen LogP) is 6.35. The first-order chi connectivity index (χ1) is 18.6. The Morgan fingerprint density at radius 3 is 1.59 bits per heavy atom. The molecule has 3 aromatic heterocycles. The molecule has 0 fully saturated rings. The fourth-order valence-electron chi connectivity index (χ4n) is 4.77. The van der Waals surface area contributed by atoms with Crippen LogP contribution in [0.15, 0.2) is 48.5 Å². The van der Waals surface area contributed by atoms with Crippen molar-refractivity contribution in [3.8, 4) is 34.1 Å². The monoisotopic (exact) mass is 565 g/mol. The van der Waals surface area contributed by atoms with E-state index < -0.39 is 0 Å². The first-order valence-corrected chi connectivity index (χ1v) is 12.0. The van der Waals surface area contributed by atoms with Gasteiger partial charge in [0.1, 0.15) is 0 Å². The molecule has 5 heterocycles. The van der Waals surface area contributed by atoms with Crippen molar-refractivity contribution in [1.29, 1.82) is 0 Å². The molecular weight excluding hydrogens is 539 g/mol. The zero-order valence-electron chi connectivity index (χ0n) is 21.8. The van der Waals surface area contributed by atoms with Crippen LogP contribution in [-0.2, 0) is 16.8 Å². The fourth-order valence-corrected chi connectivity index (χ4v) is 4.77. The molecule has 2 aliphatic heterocycles. The van der Waals surface area contributed by atoms with Crippen molar-refractivity contribution < 1.29 is 35.7 Å². The molecule has 2 N–H and O–H groups in total. The minimum atomic E-state index is 0. The molecular formula is C30H26CoN4O4. The van der Waals surface area contributed by atoms with Gasteiger partial charge in [-0.2, -0.15) is 0 Å². The van der Waals surface area contributed by atoms with Crippen LogP contribution in [0.4, 0.5) is 0 Å². The molecule has 6 rings (SSSR count). The van der Waals surface area contributed by atoms with E-state index in [2.05, 4.69) is 16.0 Å². The first kappa shape index (κ1) is 26.1. The summed E-state index contributed by atoms with van der Waals surface area (Å²) < 4.78 is 22.7. The van der Waals surface area contributed by atoms with E-state index in [-0.39, 0.29) is 16.8 Å². The van der Waals surface area contributed by atoms with Crippen LogP contribution in [0, 0.1) is 0 Å². The SMILES string of the molecule is COc1cc(-c2cc3cc4nc(cc5ccc(cc6nc(cc2[nH]3)C=C6)[nH]5)C=C4)c(OC)c(OC)c1OC.[Co]. The Balaban J connectivity index is 0.00000308. The van der Waals surface area contributed by atoms with E-state index >= 15 is 0 Å². The van der Waals surface area contributed by atoms with Crippen LogP contribution in [-0.4, -0.2) is 48.4 Å². The summed E-state index contributed by atoms with van der Waals surface area (Å²) in [7, 11) is 6.35. The number of methoxy groups -OCH3 is 4. The van der Waals surface area contributed by atoms with Crippen LogP contribution in [0.1, 0.15) is 22.8 Å². The van der Waals surface area contributed by atoms with Crippen molar-refractivity contribution in [2.45, 2.75) is 0 Å². The number of aromatic nitrogens is 4. The molecule has 0 spiro atoms. The topological polar surface area (TPSA) is 94.3 Å². The van der Waals surface area contributed by atoms with Gasteiger partial charge in [-0.25, -0.2) is 9.97 Å². The Hall–Kier alpha value is -4.47. The number of nitrogens with one attached hydrogen (secondary N) is 2. The van der Waals surface area contributed by atoms with Gasteiger partial charge in [-0.15, -0.1) is 0 Å². The Labute approximate surface area is 235 Å². The Morgan fingerprint density at radius 2 is 1.05 bits per heavy atom. The van der Waals surface area contributed by atoms with Gasteiger partial charge in [0.2, 0.25) is 11.5 Å². The third-order valence-electron chi connectivity index (χ3n) is 6.45. The Kier molecular flexibility index (Phi) is 7.19. The quantitative estimate of drug-likeness (QED) is 0.253. The zero-order valence-corrected chi connectivity index (χ0v) is 22.8. The van der Waals surface area contributed by atoms with Crippen LogP contribution in [0.3, 0.4) is 0 Å². The number of nitrogens with zero attached hydrogens (tertiary/aromatic N) is 2. The van der Waals surface area contributed by atoms with Gasteiger partial charge in [0.15, 0.2) is 11.5 Å². The molecule has 2 aliphatic rings. The summed E-state index contributed by atoms with van der Waals surface area (Å²) in [5.74, 6) is 1.98. The van der Waals surface area contributed by atoms with Crippen molar-refractivity contribution in [3.05, 3.63) is 71.3 Å². The molecule has 0 aliphatic carbocycles. The summed E-state index contributed by atoms with van der Waals surface area (Å²) in [6, 6.07) is 16.1. The van der Waals surface area contributed by atoms with Gasteiger partial charge in [0.05, 0.1) is 51.2 Å². The van der Waals surface area contributed by atoms with Crippen molar-refractivity contribution in [1.82, 2.24) is 19.9 Å². The van der Waals surface area contributed by atoms with Gasteiger partial charge >= 0.3 is 0 Å². The summed E-state index contributed by atoms with van der Waals surface area (Å²) >= 11 is 0. The van der Waals surface area contributed by atoms with Gasteiger partial charge in [-0.1, -0.05) is 0 Å². The van der Waals surface area contributed by atoms with E-state index in [1.54, 1.807) is 28.4 Å². The molecule has 0 amide bonds. The van der Waals surface area contributed by atoms with Crippen LogP contribution in [0.25, 0.3) is 57.5 Å². The summed E-state index contributed by atoms with van der Waals surface area (Å²) in [4.78, 5) is 16.5. The number of ether oxygens (including phenoxy) is 4. The van der Waals surface area contributed by atoms with Crippen molar-refractivity contribution >= 4 is 46.4 Å². The maximum Gasteiger partial charge on any atom is 0.207 e. The van der Waals surface area contributed by atoms with Gasteiger partial charge < -0.3 is 28.9 Å². The number of hydrogen-bond donors (Lipinski definition) is 2. The molecule has 4 aromatic rings. The minimum absolute atomic E-state index is 0. The van der Waals surface area contributed by atoms with Gasteiger partial charge in [-0.3, -0.25) is 0 Å². The predicted molar refractivity (Wildman–Crippen MR) is 151 cm³/mol. The maximum atomic E-state index is 5.83. The molecule has 8 bridgehead atoms. The van der Waals surface area contributed by atoms with E-state index in [4.69, 9.17) is 28.9 Å². The second-order valence-electron chi connectivity index (χ2n) is 8.81. The van der Waals surface area contributed by atoms with E-state index in [9.17, 15) is 0 Å². The summed E-state index contributed by atoms with van der Waals surface area (Å²) in [6.07, 6.45) is 7.98. The number of H-pyrrole nitrogens is 2. The summed E-state index contributed by atoms with van der Waals surface area (Å²) in [5, 5.41) is 0. The molecule has 9 heteroatoms. The number of benzene rings is 1. The molecule has 1 radical (unpaired) electrons. The van der Waals surface area contributed by atoms with Crippen molar-refractivity contribution in [2.24, 2.45) is 0 Å². The van der Waals surface area contributed by atoms with Gasteiger partial charge in [0, 0.05) is 50.0 Å². The largest absolute Gasteiger partial charge is 0.493 e.